The Morgan fingerprint density at radius 3 is 2.74 bits per heavy atom. The maximum absolute atomic E-state index is 12.7. The number of carbonyl (C=O) groups is 1. The first-order valence-corrected chi connectivity index (χ1v) is 12.1. The Morgan fingerprint density at radius 2 is 2.00 bits per heavy atom. The first-order valence-electron chi connectivity index (χ1n) is 9.51. The van der Waals surface area contributed by atoms with Crippen LogP contribution in [0.15, 0.2) is 41.3 Å². The van der Waals surface area contributed by atoms with Gasteiger partial charge in [-0.2, -0.15) is 0 Å². The van der Waals surface area contributed by atoms with Gasteiger partial charge in [0.25, 0.3) is 0 Å². The van der Waals surface area contributed by atoms with Crippen molar-refractivity contribution in [1.29, 1.82) is 0 Å². The highest BCUT2D eigenvalue weighted by atomic mass is 127. The van der Waals surface area contributed by atoms with Crippen molar-refractivity contribution in [1.82, 2.24) is 4.72 Å². The molecule has 1 aromatic rings. The highest BCUT2D eigenvalue weighted by Crippen LogP contribution is 2.52. The number of benzene rings is 1. The van der Waals surface area contributed by atoms with E-state index in [9.17, 15) is 13.2 Å². The SMILES string of the molecule is O=C(O)CCC/C=C\[C@@H]1[C@H]2CC[C@H](C2)[C@@H]1CNS(=O)(=O)c1ccccc1I. The van der Waals surface area contributed by atoms with Crippen molar-refractivity contribution in [2.75, 3.05) is 6.54 Å². The maximum atomic E-state index is 12.7. The summed E-state index contributed by atoms with van der Waals surface area (Å²) in [5.74, 6) is 1.19. The Bertz CT molecular complexity index is 808. The highest BCUT2D eigenvalue weighted by molar-refractivity contribution is 14.1. The second kappa shape index (κ2) is 9.05. The molecule has 2 N–H and O–H groups in total. The maximum Gasteiger partial charge on any atom is 0.303 e. The topological polar surface area (TPSA) is 83.5 Å². The quantitative estimate of drug-likeness (QED) is 0.303. The lowest BCUT2D eigenvalue weighted by Gasteiger charge is -2.29. The molecule has 2 bridgehead atoms. The number of hydrogen-bond donors (Lipinski definition) is 2. The largest absolute Gasteiger partial charge is 0.481 e. The van der Waals surface area contributed by atoms with Crippen molar-refractivity contribution in [2.45, 2.75) is 43.4 Å². The zero-order chi connectivity index (χ0) is 19.4. The third kappa shape index (κ3) is 5.12. The van der Waals surface area contributed by atoms with Gasteiger partial charge in [0, 0.05) is 16.5 Å². The van der Waals surface area contributed by atoms with E-state index in [4.69, 9.17) is 5.11 Å². The summed E-state index contributed by atoms with van der Waals surface area (Å²) in [5, 5.41) is 8.72. The molecule has 4 atom stereocenters. The van der Waals surface area contributed by atoms with E-state index in [1.165, 1.54) is 19.3 Å². The minimum absolute atomic E-state index is 0.194. The minimum atomic E-state index is -3.50. The molecule has 1 aromatic carbocycles. The predicted octanol–water partition coefficient (Wildman–Crippen LogP) is 4.04. The van der Waals surface area contributed by atoms with Gasteiger partial charge in [-0.1, -0.05) is 24.3 Å². The molecule has 0 amide bonds. The van der Waals surface area contributed by atoms with E-state index < -0.39 is 16.0 Å². The zero-order valence-electron chi connectivity index (χ0n) is 15.2. The molecule has 0 aliphatic heterocycles. The first kappa shape index (κ1) is 20.8. The van der Waals surface area contributed by atoms with Crippen molar-refractivity contribution in [3.63, 3.8) is 0 Å². The Kier molecular flexibility index (Phi) is 6.97. The van der Waals surface area contributed by atoms with Crippen molar-refractivity contribution < 1.29 is 18.3 Å². The van der Waals surface area contributed by atoms with Crippen LogP contribution in [-0.2, 0) is 14.8 Å². The van der Waals surface area contributed by atoms with Gasteiger partial charge in [0.15, 0.2) is 0 Å². The lowest BCUT2D eigenvalue weighted by molar-refractivity contribution is -0.137. The molecule has 0 aromatic heterocycles. The van der Waals surface area contributed by atoms with Crippen molar-refractivity contribution >= 4 is 38.6 Å². The predicted molar refractivity (Wildman–Crippen MR) is 113 cm³/mol. The molecule has 2 aliphatic rings. The summed E-state index contributed by atoms with van der Waals surface area (Å²) in [5.41, 5.74) is 0. The fourth-order valence-corrected chi connectivity index (χ4v) is 7.04. The van der Waals surface area contributed by atoms with Crippen LogP contribution in [0.1, 0.15) is 38.5 Å². The molecule has 0 spiro atoms. The van der Waals surface area contributed by atoms with Crippen molar-refractivity contribution in [3.8, 4) is 0 Å². The number of carboxylic acid groups (broad SMARTS) is 1. The number of hydrogen-bond acceptors (Lipinski definition) is 3. The summed E-state index contributed by atoms with van der Waals surface area (Å²) in [6.45, 7) is 0.471. The lowest BCUT2D eigenvalue weighted by Crippen LogP contribution is -2.35. The Hall–Kier alpha value is -0.930. The number of unbranched alkanes of at least 4 members (excludes halogenated alkanes) is 1. The van der Waals surface area contributed by atoms with Crippen molar-refractivity contribution in [3.05, 3.63) is 40.0 Å². The molecule has 5 nitrogen and oxygen atoms in total. The van der Waals surface area contributed by atoms with Gasteiger partial charge in [-0.15, -0.1) is 0 Å². The Balaban J connectivity index is 1.61. The average Bonchev–Trinajstić information content (AvgIpc) is 3.21. The number of nitrogens with one attached hydrogen (secondary N) is 1. The zero-order valence-corrected chi connectivity index (χ0v) is 18.2. The molecule has 0 heterocycles. The summed E-state index contributed by atoms with van der Waals surface area (Å²) in [4.78, 5) is 10.9. The summed E-state index contributed by atoms with van der Waals surface area (Å²) in [6.07, 6.45) is 9.50. The summed E-state index contributed by atoms with van der Waals surface area (Å²) in [7, 11) is -3.50. The molecule has 148 valence electrons. The lowest BCUT2D eigenvalue weighted by atomic mass is 9.79. The third-order valence-electron chi connectivity index (χ3n) is 5.91. The Morgan fingerprint density at radius 1 is 1.26 bits per heavy atom. The number of rotatable bonds is 9. The molecule has 0 saturated heterocycles. The molecule has 27 heavy (non-hydrogen) atoms. The van der Waals surface area contributed by atoms with E-state index in [-0.39, 0.29) is 6.42 Å². The van der Waals surface area contributed by atoms with Gasteiger partial charge in [0.05, 0.1) is 4.90 Å². The van der Waals surface area contributed by atoms with E-state index in [2.05, 4.69) is 39.5 Å². The van der Waals surface area contributed by atoms with E-state index in [1.54, 1.807) is 18.2 Å². The Labute approximate surface area is 174 Å². The second-order valence-electron chi connectivity index (χ2n) is 7.57. The van der Waals surface area contributed by atoms with Gasteiger partial charge < -0.3 is 5.11 Å². The normalized spacial score (nSPS) is 27.4. The molecule has 3 rings (SSSR count). The second-order valence-corrected chi connectivity index (χ2v) is 10.5. The third-order valence-corrected chi connectivity index (χ3v) is 8.70. The molecule has 0 unspecified atom stereocenters. The number of allylic oxidation sites excluding steroid dienone is 2. The van der Waals surface area contributed by atoms with Gasteiger partial charge in [-0.25, -0.2) is 13.1 Å². The molecule has 2 fully saturated rings. The number of halogens is 1. The molecule has 2 saturated carbocycles. The van der Waals surface area contributed by atoms with E-state index in [0.29, 0.717) is 41.5 Å². The molecular weight excluding hydrogens is 477 g/mol. The molecular formula is C20H26INO4S. The number of sulfonamides is 1. The van der Waals surface area contributed by atoms with Gasteiger partial charge >= 0.3 is 5.97 Å². The number of carboxylic acids is 1. The summed E-state index contributed by atoms with van der Waals surface area (Å²) in [6, 6.07) is 7.03. The van der Waals surface area contributed by atoms with Crippen LogP contribution in [0.4, 0.5) is 0 Å². The molecule has 7 heteroatoms. The van der Waals surface area contributed by atoms with Crippen LogP contribution in [0, 0.1) is 27.2 Å². The minimum Gasteiger partial charge on any atom is -0.481 e. The van der Waals surface area contributed by atoms with Crippen LogP contribution in [0.3, 0.4) is 0 Å². The van der Waals surface area contributed by atoms with Crippen LogP contribution in [0.25, 0.3) is 0 Å². The number of fused-ring (bicyclic) bond motifs is 2. The number of aliphatic carboxylic acids is 1. The molecule has 0 radical (unpaired) electrons. The fraction of sp³-hybridized carbons (Fsp3) is 0.550. The smallest absolute Gasteiger partial charge is 0.303 e. The van der Waals surface area contributed by atoms with Gasteiger partial charge in [-0.05, 0) is 90.5 Å². The first-order chi connectivity index (χ1) is 12.9. The summed E-state index contributed by atoms with van der Waals surface area (Å²) < 4.78 is 29.0. The van der Waals surface area contributed by atoms with Gasteiger partial charge in [0.1, 0.15) is 0 Å². The average molecular weight is 503 g/mol. The van der Waals surface area contributed by atoms with Gasteiger partial charge in [0.2, 0.25) is 10.0 Å². The van der Waals surface area contributed by atoms with E-state index in [0.717, 1.165) is 9.99 Å². The van der Waals surface area contributed by atoms with E-state index >= 15 is 0 Å². The van der Waals surface area contributed by atoms with Crippen LogP contribution < -0.4 is 4.72 Å². The highest BCUT2D eigenvalue weighted by Gasteiger charge is 2.46. The fourth-order valence-electron chi connectivity index (χ4n) is 4.63. The van der Waals surface area contributed by atoms with Crippen LogP contribution in [0.5, 0.6) is 0 Å². The van der Waals surface area contributed by atoms with E-state index in [1.807, 2.05) is 6.07 Å². The van der Waals surface area contributed by atoms with Crippen molar-refractivity contribution in [2.24, 2.45) is 23.7 Å². The molecule has 2 aliphatic carbocycles. The van der Waals surface area contributed by atoms with Gasteiger partial charge in [-0.3, -0.25) is 4.79 Å². The van der Waals surface area contributed by atoms with Crippen LogP contribution in [-0.4, -0.2) is 26.0 Å². The van der Waals surface area contributed by atoms with Crippen LogP contribution >= 0.6 is 22.6 Å². The summed E-state index contributed by atoms with van der Waals surface area (Å²) >= 11 is 2.05. The standard InChI is InChI=1S/C20H26INO4S/c21-18-7-4-5-8-19(18)27(25,26)22-13-17-15-11-10-14(12-15)16(17)6-2-1-3-9-20(23)24/h2,4-8,14-17,22H,1,3,9-13H2,(H,23,24)/b6-2-/t14-,15+,16+,17-/m0/s1. The van der Waals surface area contributed by atoms with Crippen LogP contribution in [0.2, 0.25) is 0 Å². The monoisotopic (exact) mass is 503 g/mol.